The molecule has 5 rings (SSSR count). The number of fused-ring (bicyclic) bond motifs is 5. The lowest BCUT2D eigenvalue weighted by Crippen LogP contribution is -2.52. The van der Waals surface area contributed by atoms with Gasteiger partial charge >= 0.3 is 0 Å². The topological polar surface area (TPSA) is 73.1 Å². The average molecular weight is 431 g/mol. The minimum absolute atomic E-state index is 0.473. The predicted molar refractivity (Wildman–Crippen MR) is 119 cm³/mol. The van der Waals surface area contributed by atoms with Gasteiger partial charge in [-0.15, -0.1) is 5.10 Å². The second-order valence-electron chi connectivity index (χ2n) is 11.9. The molecule has 4 aliphatic carbocycles. The number of aliphatic hydroxyl groups is 1. The fraction of sp³-hybridized carbons (Fsp3) is 0.960. The number of rotatable bonds is 5. The Morgan fingerprint density at radius 1 is 1.10 bits per heavy atom. The van der Waals surface area contributed by atoms with E-state index in [1.165, 1.54) is 44.9 Å². The van der Waals surface area contributed by atoms with Gasteiger partial charge in [-0.25, -0.2) is 4.68 Å². The largest absolute Gasteiger partial charge is 0.387 e. The SMILES string of the molecule is COC[C@@]1(O)CC[C@H]2[C@@H](CC[C@@H]3[C@@H]2CC[C@]2(C)C([C@H](C)Cn4nnnc4C)CC[C@@H]32)C1. The molecule has 0 aromatic carbocycles. The van der Waals surface area contributed by atoms with Gasteiger partial charge in [-0.1, -0.05) is 13.8 Å². The number of aromatic nitrogens is 4. The summed E-state index contributed by atoms with van der Waals surface area (Å²) in [6.07, 6.45) is 11.3. The summed E-state index contributed by atoms with van der Waals surface area (Å²) in [7, 11) is 1.72. The average Bonchev–Trinajstić information content (AvgIpc) is 3.30. The van der Waals surface area contributed by atoms with Crippen LogP contribution in [0.5, 0.6) is 0 Å². The molecular formula is C25H42N4O2. The van der Waals surface area contributed by atoms with Crippen LogP contribution in [0.2, 0.25) is 0 Å². The molecule has 0 saturated heterocycles. The highest BCUT2D eigenvalue weighted by Crippen LogP contribution is 2.65. The van der Waals surface area contributed by atoms with Crippen LogP contribution in [0.1, 0.15) is 77.5 Å². The predicted octanol–water partition coefficient (Wildman–Crippen LogP) is 4.26. The Bertz CT molecular complexity index is 783. The summed E-state index contributed by atoms with van der Waals surface area (Å²) >= 11 is 0. The van der Waals surface area contributed by atoms with Crippen molar-refractivity contribution in [2.45, 2.75) is 90.7 Å². The van der Waals surface area contributed by atoms with Gasteiger partial charge in [-0.3, -0.25) is 0 Å². The molecule has 0 amide bonds. The number of methoxy groups -OCH3 is 1. The van der Waals surface area contributed by atoms with Crippen LogP contribution in [0.3, 0.4) is 0 Å². The second kappa shape index (κ2) is 8.09. The molecule has 0 bridgehead atoms. The van der Waals surface area contributed by atoms with Crippen LogP contribution in [-0.4, -0.2) is 44.6 Å². The molecule has 31 heavy (non-hydrogen) atoms. The summed E-state index contributed by atoms with van der Waals surface area (Å²) in [5.74, 6) is 6.54. The number of hydrogen-bond donors (Lipinski definition) is 1. The first-order valence-electron chi connectivity index (χ1n) is 12.8. The van der Waals surface area contributed by atoms with Crippen molar-refractivity contribution < 1.29 is 9.84 Å². The maximum Gasteiger partial charge on any atom is 0.148 e. The van der Waals surface area contributed by atoms with Gasteiger partial charge in [0.15, 0.2) is 0 Å². The summed E-state index contributed by atoms with van der Waals surface area (Å²) in [5, 5.41) is 23.1. The first-order valence-corrected chi connectivity index (χ1v) is 12.8. The highest BCUT2D eigenvalue weighted by atomic mass is 16.5. The molecule has 1 aromatic heterocycles. The second-order valence-corrected chi connectivity index (χ2v) is 11.9. The van der Waals surface area contributed by atoms with E-state index in [9.17, 15) is 5.11 Å². The minimum Gasteiger partial charge on any atom is -0.387 e. The maximum atomic E-state index is 11.0. The number of aryl methyl sites for hydroxylation is 1. The third-order valence-electron chi connectivity index (χ3n) is 10.4. The van der Waals surface area contributed by atoms with E-state index in [4.69, 9.17) is 4.74 Å². The van der Waals surface area contributed by atoms with E-state index in [1.54, 1.807) is 7.11 Å². The summed E-state index contributed by atoms with van der Waals surface area (Å²) in [4.78, 5) is 0. The Kier molecular flexibility index (Phi) is 5.69. The molecular weight excluding hydrogens is 388 g/mol. The summed E-state index contributed by atoms with van der Waals surface area (Å²) < 4.78 is 7.36. The summed E-state index contributed by atoms with van der Waals surface area (Å²) in [5.41, 5.74) is -0.102. The van der Waals surface area contributed by atoms with Crippen LogP contribution in [0.15, 0.2) is 0 Å². The zero-order valence-electron chi connectivity index (χ0n) is 20.0. The van der Waals surface area contributed by atoms with E-state index < -0.39 is 5.60 Å². The molecule has 1 N–H and O–H groups in total. The number of nitrogens with zero attached hydrogens (tertiary/aromatic N) is 4. The quantitative estimate of drug-likeness (QED) is 0.755. The Morgan fingerprint density at radius 3 is 2.65 bits per heavy atom. The van der Waals surface area contributed by atoms with Crippen molar-refractivity contribution in [3.8, 4) is 0 Å². The van der Waals surface area contributed by atoms with E-state index in [0.717, 1.165) is 54.8 Å². The van der Waals surface area contributed by atoms with Crippen LogP contribution in [0, 0.1) is 53.8 Å². The molecule has 174 valence electrons. The molecule has 4 fully saturated rings. The fourth-order valence-corrected chi connectivity index (χ4v) is 9.16. The van der Waals surface area contributed by atoms with Crippen molar-refractivity contribution >= 4 is 0 Å². The molecule has 1 heterocycles. The van der Waals surface area contributed by atoms with Gasteiger partial charge in [-0.2, -0.15) is 0 Å². The Labute approximate surface area is 187 Å². The van der Waals surface area contributed by atoms with E-state index in [-0.39, 0.29) is 0 Å². The molecule has 6 nitrogen and oxygen atoms in total. The third-order valence-corrected chi connectivity index (χ3v) is 10.4. The first-order chi connectivity index (χ1) is 14.8. The van der Waals surface area contributed by atoms with Crippen molar-refractivity contribution in [1.82, 2.24) is 20.2 Å². The lowest BCUT2D eigenvalue weighted by Gasteiger charge is -2.57. The molecule has 1 unspecified atom stereocenters. The molecule has 9 atom stereocenters. The monoisotopic (exact) mass is 430 g/mol. The molecule has 6 heteroatoms. The van der Waals surface area contributed by atoms with E-state index >= 15 is 0 Å². The maximum absolute atomic E-state index is 11.0. The van der Waals surface area contributed by atoms with Crippen molar-refractivity contribution in [3.05, 3.63) is 5.82 Å². The van der Waals surface area contributed by atoms with Crippen molar-refractivity contribution in [3.63, 3.8) is 0 Å². The molecule has 0 aliphatic heterocycles. The summed E-state index contributed by atoms with van der Waals surface area (Å²) in [6.45, 7) is 8.51. The van der Waals surface area contributed by atoms with E-state index in [1.807, 2.05) is 11.6 Å². The third kappa shape index (κ3) is 3.66. The number of tetrazole rings is 1. The first kappa shape index (κ1) is 21.8. The Hall–Kier alpha value is -1.01. The van der Waals surface area contributed by atoms with Gasteiger partial charge in [0.2, 0.25) is 0 Å². The molecule has 0 spiro atoms. The minimum atomic E-state index is -0.575. The highest BCUT2D eigenvalue weighted by molar-refractivity contribution is 5.07. The molecule has 0 radical (unpaired) electrons. The van der Waals surface area contributed by atoms with Crippen molar-refractivity contribution in [1.29, 1.82) is 0 Å². The highest BCUT2D eigenvalue weighted by Gasteiger charge is 2.58. The van der Waals surface area contributed by atoms with Crippen LogP contribution < -0.4 is 0 Å². The fourth-order valence-electron chi connectivity index (χ4n) is 9.16. The zero-order valence-corrected chi connectivity index (χ0v) is 20.0. The molecule has 1 aromatic rings. The number of ether oxygens (including phenoxy) is 1. The van der Waals surface area contributed by atoms with Gasteiger partial charge < -0.3 is 9.84 Å². The van der Waals surface area contributed by atoms with Gasteiger partial charge in [0.25, 0.3) is 0 Å². The zero-order chi connectivity index (χ0) is 21.8. The summed E-state index contributed by atoms with van der Waals surface area (Å²) in [6, 6.07) is 0. The van der Waals surface area contributed by atoms with Crippen LogP contribution >= 0.6 is 0 Å². The van der Waals surface area contributed by atoms with E-state index in [0.29, 0.717) is 23.9 Å². The molecule has 4 saturated carbocycles. The Balaban J connectivity index is 1.29. The van der Waals surface area contributed by atoms with Crippen LogP contribution in [-0.2, 0) is 11.3 Å². The van der Waals surface area contributed by atoms with Crippen molar-refractivity contribution in [2.75, 3.05) is 13.7 Å². The van der Waals surface area contributed by atoms with Crippen LogP contribution in [0.25, 0.3) is 0 Å². The van der Waals surface area contributed by atoms with Gasteiger partial charge in [0, 0.05) is 13.7 Å². The van der Waals surface area contributed by atoms with Gasteiger partial charge in [0.1, 0.15) is 5.82 Å². The lowest BCUT2D eigenvalue weighted by molar-refractivity contribution is -0.126. The van der Waals surface area contributed by atoms with Gasteiger partial charge in [-0.05, 0) is 122 Å². The van der Waals surface area contributed by atoms with Crippen molar-refractivity contribution in [2.24, 2.45) is 46.8 Å². The smallest absolute Gasteiger partial charge is 0.148 e. The van der Waals surface area contributed by atoms with Crippen LogP contribution in [0.4, 0.5) is 0 Å². The number of hydrogen-bond acceptors (Lipinski definition) is 5. The normalized spacial score (nSPS) is 45.6. The lowest BCUT2D eigenvalue weighted by atomic mass is 9.48. The Morgan fingerprint density at radius 2 is 1.90 bits per heavy atom. The van der Waals surface area contributed by atoms with E-state index in [2.05, 4.69) is 29.4 Å². The van der Waals surface area contributed by atoms with Gasteiger partial charge in [0.05, 0.1) is 12.2 Å². The molecule has 4 aliphatic rings. The standard InChI is InChI=1S/C25H42N4O2/c1-16(14-29-17(2)26-27-28-29)22-7-8-23-21-6-5-18-13-25(30,15-31-4)12-10-19(18)20(21)9-11-24(22,23)3/h16,18-23,30H,5-15H2,1-4H3/t16-,18+,19+,20-,21-,22?,23+,24-,25-/m1/s1.